The van der Waals surface area contributed by atoms with Crippen LogP contribution in [0.5, 0.6) is 0 Å². The molecule has 0 saturated heterocycles. The van der Waals surface area contributed by atoms with Crippen LogP contribution in [0.15, 0.2) is 36.4 Å². The number of rotatable bonds is 5. The third-order valence-corrected chi connectivity index (χ3v) is 3.52. The van der Waals surface area contributed by atoms with Crippen LogP contribution in [0.3, 0.4) is 0 Å². The molecule has 0 fully saturated rings. The second-order valence-corrected chi connectivity index (χ2v) is 5.52. The van der Waals surface area contributed by atoms with Crippen molar-refractivity contribution in [1.82, 2.24) is 0 Å². The van der Waals surface area contributed by atoms with Gasteiger partial charge in [0, 0.05) is 16.8 Å². The van der Waals surface area contributed by atoms with Gasteiger partial charge in [-0.05, 0) is 30.7 Å². The largest absolute Gasteiger partial charge is 0.452 e. The zero-order valence-corrected chi connectivity index (χ0v) is 13.9. The zero-order chi connectivity index (χ0) is 18.6. The average molecular weight is 364 g/mol. The van der Waals surface area contributed by atoms with E-state index >= 15 is 0 Å². The smallest absolute Gasteiger partial charge is 0.340 e. The standard InChI is InChI=1S/C16H14ClN3O5/c1-9-3-2-4-13(20(23)24)15(9)19-14(21)8-25-16(22)11-7-10(17)5-6-12(11)18/h2-7H,8,18H2,1H3,(H,19,21). The van der Waals surface area contributed by atoms with Crippen molar-refractivity contribution < 1.29 is 19.2 Å². The molecule has 0 heterocycles. The maximum absolute atomic E-state index is 12.0. The van der Waals surface area contributed by atoms with Crippen molar-refractivity contribution in [2.45, 2.75) is 6.92 Å². The molecule has 0 aliphatic heterocycles. The molecule has 8 nitrogen and oxygen atoms in total. The molecule has 1 amide bonds. The van der Waals surface area contributed by atoms with E-state index in [1.807, 2.05) is 0 Å². The Morgan fingerprint density at radius 2 is 2.04 bits per heavy atom. The lowest BCUT2D eigenvalue weighted by molar-refractivity contribution is -0.384. The van der Waals surface area contributed by atoms with E-state index in [0.29, 0.717) is 10.6 Å². The number of aryl methyl sites for hydroxylation is 1. The molecule has 25 heavy (non-hydrogen) atoms. The number of hydrogen-bond donors (Lipinski definition) is 2. The normalized spacial score (nSPS) is 10.2. The van der Waals surface area contributed by atoms with Gasteiger partial charge in [0.15, 0.2) is 6.61 Å². The molecule has 0 aliphatic rings. The van der Waals surface area contributed by atoms with E-state index < -0.39 is 23.4 Å². The third-order valence-electron chi connectivity index (χ3n) is 3.28. The quantitative estimate of drug-likeness (QED) is 0.364. The molecule has 0 saturated carbocycles. The number of nitro benzene ring substituents is 1. The van der Waals surface area contributed by atoms with Gasteiger partial charge >= 0.3 is 5.97 Å². The number of benzene rings is 2. The zero-order valence-electron chi connectivity index (χ0n) is 13.1. The van der Waals surface area contributed by atoms with Crippen molar-refractivity contribution in [1.29, 1.82) is 0 Å². The Balaban J connectivity index is 2.06. The lowest BCUT2D eigenvalue weighted by atomic mass is 10.1. The van der Waals surface area contributed by atoms with Gasteiger partial charge < -0.3 is 15.8 Å². The van der Waals surface area contributed by atoms with Gasteiger partial charge in [0.1, 0.15) is 5.69 Å². The number of anilines is 2. The number of nitrogen functional groups attached to an aromatic ring is 1. The molecule has 3 N–H and O–H groups in total. The van der Waals surface area contributed by atoms with Crippen LogP contribution in [0.2, 0.25) is 5.02 Å². The average Bonchev–Trinajstić information content (AvgIpc) is 2.56. The van der Waals surface area contributed by atoms with Gasteiger partial charge in [0.2, 0.25) is 0 Å². The monoisotopic (exact) mass is 363 g/mol. The molecule has 0 radical (unpaired) electrons. The van der Waals surface area contributed by atoms with Gasteiger partial charge in [-0.25, -0.2) is 4.79 Å². The topological polar surface area (TPSA) is 125 Å². The maximum atomic E-state index is 12.0. The highest BCUT2D eigenvalue weighted by molar-refractivity contribution is 6.31. The lowest BCUT2D eigenvalue weighted by Crippen LogP contribution is -2.22. The molecule has 2 aromatic carbocycles. The maximum Gasteiger partial charge on any atom is 0.340 e. The van der Waals surface area contributed by atoms with E-state index in [9.17, 15) is 19.7 Å². The van der Waals surface area contributed by atoms with Crippen LogP contribution in [0.1, 0.15) is 15.9 Å². The molecule has 0 bridgehead atoms. The first-order chi connectivity index (χ1) is 11.8. The van der Waals surface area contributed by atoms with Gasteiger partial charge in [0.05, 0.1) is 10.5 Å². The number of nitro groups is 1. The number of halogens is 1. The fourth-order valence-corrected chi connectivity index (χ4v) is 2.23. The number of carbonyl (C=O) groups excluding carboxylic acids is 2. The summed E-state index contributed by atoms with van der Waals surface area (Å²) in [4.78, 5) is 34.3. The number of para-hydroxylation sites is 1. The number of nitrogens with one attached hydrogen (secondary N) is 1. The number of ether oxygens (including phenoxy) is 1. The van der Waals surface area contributed by atoms with Gasteiger partial charge in [-0.1, -0.05) is 23.7 Å². The highest BCUT2D eigenvalue weighted by Crippen LogP contribution is 2.27. The van der Waals surface area contributed by atoms with Crippen molar-refractivity contribution >= 4 is 40.5 Å². The Labute approximate surface area is 147 Å². The highest BCUT2D eigenvalue weighted by Gasteiger charge is 2.19. The molecule has 0 atom stereocenters. The van der Waals surface area contributed by atoms with Crippen molar-refractivity contribution in [2.24, 2.45) is 0 Å². The van der Waals surface area contributed by atoms with Gasteiger partial charge in [-0.2, -0.15) is 0 Å². The molecule has 2 aromatic rings. The van der Waals surface area contributed by atoms with Crippen LogP contribution < -0.4 is 11.1 Å². The lowest BCUT2D eigenvalue weighted by Gasteiger charge is -2.10. The fourth-order valence-electron chi connectivity index (χ4n) is 2.06. The number of amides is 1. The number of carbonyl (C=O) groups is 2. The highest BCUT2D eigenvalue weighted by atomic mass is 35.5. The summed E-state index contributed by atoms with van der Waals surface area (Å²) in [6.45, 7) is 0.984. The number of nitrogens with zero attached hydrogens (tertiary/aromatic N) is 1. The molecule has 0 spiro atoms. The van der Waals surface area contributed by atoms with Crippen LogP contribution in [-0.2, 0) is 9.53 Å². The third kappa shape index (κ3) is 4.45. The van der Waals surface area contributed by atoms with Gasteiger partial charge in [-0.15, -0.1) is 0 Å². The van der Waals surface area contributed by atoms with Gasteiger partial charge in [-0.3, -0.25) is 14.9 Å². The molecule has 130 valence electrons. The van der Waals surface area contributed by atoms with Crippen molar-refractivity contribution in [3.8, 4) is 0 Å². The number of nitrogens with two attached hydrogens (primary N) is 1. The Bertz CT molecular complexity index is 854. The van der Waals surface area contributed by atoms with E-state index in [-0.39, 0.29) is 22.6 Å². The van der Waals surface area contributed by atoms with Crippen molar-refractivity contribution in [2.75, 3.05) is 17.7 Å². The predicted molar refractivity (Wildman–Crippen MR) is 92.6 cm³/mol. The second kappa shape index (κ2) is 7.63. The summed E-state index contributed by atoms with van der Waals surface area (Å²) in [7, 11) is 0. The fraction of sp³-hybridized carbons (Fsp3) is 0.125. The minimum absolute atomic E-state index is 0.0298. The Kier molecular flexibility index (Phi) is 5.56. The minimum atomic E-state index is -0.825. The summed E-state index contributed by atoms with van der Waals surface area (Å²) in [5.41, 5.74) is 6.15. The minimum Gasteiger partial charge on any atom is -0.452 e. The van der Waals surface area contributed by atoms with E-state index in [4.69, 9.17) is 22.1 Å². The Morgan fingerprint density at radius 3 is 2.72 bits per heavy atom. The van der Waals surface area contributed by atoms with E-state index in [0.717, 1.165) is 0 Å². The first kappa shape index (κ1) is 18.2. The van der Waals surface area contributed by atoms with Gasteiger partial charge in [0.25, 0.3) is 11.6 Å². The second-order valence-electron chi connectivity index (χ2n) is 5.08. The summed E-state index contributed by atoms with van der Waals surface area (Å²) >= 11 is 5.79. The van der Waals surface area contributed by atoms with Crippen molar-refractivity contribution in [3.05, 3.63) is 62.7 Å². The van der Waals surface area contributed by atoms with Crippen LogP contribution in [0, 0.1) is 17.0 Å². The Hall–Kier alpha value is -3.13. The Morgan fingerprint density at radius 1 is 1.32 bits per heavy atom. The summed E-state index contributed by atoms with van der Waals surface area (Å²) in [5.74, 6) is -1.54. The number of esters is 1. The van der Waals surface area contributed by atoms with E-state index in [2.05, 4.69) is 5.32 Å². The molecular formula is C16H14ClN3O5. The molecule has 0 aromatic heterocycles. The van der Waals surface area contributed by atoms with E-state index in [1.54, 1.807) is 13.0 Å². The SMILES string of the molecule is Cc1cccc([N+](=O)[O-])c1NC(=O)COC(=O)c1cc(Cl)ccc1N. The number of hydrogen-bond acceptors (Lipinski definition) is 6. The van der Waals surface area contributed by atoms with Crippen LogP contribution >= 0.6 is 11.6 Å². The summed E-state index contributed by atoms with van der Waals surface area (Å²) in [5, 5.41) is 13.7. The molecule has 0 aliphatic carbocycles. The molecule has 2 rings (SSSR count). The first-order valence-corrected chi connectivity index (χ1v) is 7.43. The van der Waals surface area contributed by atoms with Crippen LogP contribution in [0.4, 0.5) is 17.1 Å². The van der Waals surface area contributed by atoms with Crippen LogP contribution in [-0.4, -0.2) is 23.4 Å². The summed E-state index contributed by atoms with van der Waals surface area (Å²) in [6.07, 6.45) is 0. The molecule has 0 unspecified atom stereocenters. The van der Waals surface area contributed by atoms with Crippen LogP contribution in [0.25, 0.3) is 0 Å². The van der Waals surface area contributed by atoms with E-state index in [1.165, 1.54) is 30.3 Å². The first-order valence-electron chi connectivity index (χ1n) is 7.05. The predicted octanol–water partition coefficient (Wildman–Crippen LogP) is 2.93. The molecular weight excluding hydrogens is 350 g/mol. The summed E-state index contributed by atoms with van der Waals surface area (Å²) in [6, 6.07) is 8.66. The molecule has 9 heteroatoms. The summed E-state index contributed by atoms with van der Waals surface area (Å²) < 4.78 is 4.88. The van der Waals surface area contributed by atoms with Crippen molar-refractivity contribution in [3.63, 3.8) is 0 Å².